The topological polar surface area (TPSA) is 70.2 Å². The van der Waals surface area contributed by atoms with Gasteiger partial charge < -0.3 is 16.0 Å². The Morgan fingerprint density at radius 2 is 1.69 bits per heavy atom. The van der Waals surface area contributed by atoms with Crippen molar-refractivity contribution in [2.45, 2.75) is 33.6 Å². The third kappa shape index (κ3) is 6.24. The van der Waals surface area contributed by atoms with Gasteiger partial charge >= 0.3 is 0 Å². The summed E-state index contributed by atoms with van der Waals surface area (Å²) in [6.07, 6.45) is 1.98. The van der Waals surface area contributed by atoms with E-state index in [1.807, 2.05) is 26.0 Å². The molecule has 0 spiro atoms. The van der Waals surface area contributed by atoms with E-state index in [0.717, 1.165) is 29.7 Å². The SMILES string of the molecule is CCCCNC(=O)c1cccc(NC(=O)CNc2cc(C)cc(C)c2)c1. The summed E-state index contributed by atoms with van der Waals surface area (Å²) < 4.78 is 0. The van der Waals surface area contributed by atoms with Crippen LogP contribution in [0.3, 0.4) is 0 Å². The van der Waals surface area contributed by atoms with Gasteiger partial charge in [0.1, 0.15) is 0 Å². The standard InChI is InChI=1S/C21H27N3O2/c1-4-5-9-22-21(26)17-7-6-8-18(13-17)24-20(25)14-23-19-11-15(2)10-16(3)12-19/h6-8,10-13,23H,4-5,9,14H2,1-3H3,(H,22,26)(H,24,25). The van der Waals surface area contributed by atoms with E-state index in [0.29, 0.717) is 17.8 Å². The van der Waals surface area contributed by atoms with Crippen LogP contribution < -0.4 is 16.0 Å². The maximum absolute atomic E-state index is 12.2. The maximum atomic E-state index is 12.2. The largest absolute Gasteiger partial charge is 0.376 e. The first-order valence-corrected chi connectivity index (χ1v) is 8.98. The number of hydrogen-bond donors (Lipinski definition) is 3. The molecule has 0 aliphatic carbocycles. The van der Waals surface area contributed by atoms with Gasteiger partial charge in [-0.25, -0.2) is 0 Å². The molecule has 2 aromatic carbocycles. The molecule has 0 fully saturated rings. The van der Waals surface area contributed by atoms with Gasteiger partial charge in [0.15, 0.2) is 0 Å². The third-order valence-electron chi connectivity index (χ3n) is 3.90. The minimum Gasteiger partial charge on any atom is -0.376 e. The summed E-state index contributed by atoms with van der Waals surface area (Å²) in [5.41, 5.74) is 4.37. The molecule has 26 heavy (non-hydrogen) atoms. The quantitative estimate of drug-likeness (QED) is 0.631. The van der Waals surface area contributed by atoms with Gasteiger partial charge in [-0.1, -0.05) is 25.5 Å². The molecule has 2 aromatic rings. The number of anilines is 2. The molecule has 0 aliphatic heterocycles. The van der Waals surface area contributed by atoms with Crippen molar-refractivity contribution in [3.8, 4) is 0 Å². The van der Waals surface area contributed by atoms with Crippen LogP contribution in [-0.4, -0.2) is 24.9 Å². The van der Waals surface area contributed by atoms with Crippen LogP contribution in [0.15, 0.2) is 42.5 Å². The fraction of sp³-hybridized carbons (Fsp3) is 0.333. The van der Waals surface area contributed by atoms with Gasteiger partial charge in [-0.15, -0.1) is 0 Å². The van der Waals surface area contributed by atoms with E-state index in [1.54, 1.807) is 24.3 Å². The van der Waals surface area contributed by atoms with Crippen LogP contribution >= 0.6 is 0 Å². The lowest BCUT2D eigenvalue weighted by molar-refractivity contribution is -0.114. The summed E-state index contributed by atoms with van der Waals surface area (Å²) in [6.45, 7) is 6.95. The van der Waals surface area contributed by atoms with Crippen LogP contribution in [0.4, 0.5) is 11.4 Å². The highest BCUT2D eigenvalue weighted by Crippen LogP contribution is 2.14. The monoisotopic (exact) mass is 353 g/mol. The Kier molecular flexibility index (Phi) is 7.21. The lowest BCUT2D eigenvalue weighted by Gasteiger charge is -2.10. The highest BCUT2D eigenvalue weighted by Gasteiger charge is 2.08. The lowest BCUT2D eigenvalue weighted by atomic mass is 10.1. The zero-order valence-corrected chi connectivity index (χ0v) is 15.7. The molecule has 3 N–H and O–H groups in total. The number of unbranched alkanes of at least 4 members (excludes halogenated alkanes) is 1. The Morgan fingerprint density at radius 1 is 0.962 bits per heavy atom. The van der Waals surface area contributed by atoms with Crippen LogP contribution in [0.1, 0.15) is 41.3 Å². The zero-order chi connectivity index (χ0) is 18.9. The smallest absolute Gasteiger partial charge is 0.251 e. The first-order valence-electron chi connectivity index (χ1n) is 8.98. The van der Waals surface area contributed by atoms with Crippen LogP contribution in [0.2, 0.25) is 0 Å². The van der Waals surface area contributed by atoms with E-state index in [1.165, 1.54) is 0 Å². The molecule has 138 valence electrons. The van der Waals surface area contributed by atoms with Crippen LogP contribution in [0.5, 0.6) is 0 Å². The fourth-order valence-corrected chi connectivity index (χ4v) is 2.68. The van der Waals surface area contributed by atoms with Crippen molar-refractivity contribution in [2.24, 2.45) is 0 Å². The summed E-state index contributed by atoms with van der Waals surface area (Å²) in [7, 11) is 0. The van der Waals surface area contributed by atoms with Crippen molar-refractivity contribution in [1.29, 1.82) is 0 Å². The van der Waals surface area contributed by atoms with Gasteiger partial charge in [0.2, 0.25) is 5.91 Å². The average Bonchev–Trinajstić information content (AvgIpc) is 2.59. The van der Waals surface area contributed by atoms with Crippen LogP contribution in [0.25, 0.3) is 0 Å². The highest BCUT2D eigenvalue weighted by molar-refractivity contribution is 5.98. The molecule has 0 bridgehead atoms. The van der Waals surface area contributed by atoms with E-state index < -0.39 is 0 Å². The van der Waals surface area contributed by atoms with E-state index in [9.17, 15) is 9.59 Å². The second-order valence-corrected chi connectivity index (χ2v) is 6.47. The van der Waals surface area contributed by atoms with E-state index in [2.05, 4.69) is 28.9 Å². The predicted molar refractivity (Wildman–Crippen MR) is 107 cm³/mol. The number of nitrogens with one attached hydrogen (secondary N) is 3. The first kappa shape index (κ1) is 19.5. The van der Waals surface area contributed by atoms with E-state index in [-0.39, 0.29) is 18.4 Å². The number of carbonyl (C=O) groups excluding carboxylic acids is 2. The lowest BCUT2D eigenvalue weighted by Crippen LogP contribution is -2.25. The number of benzene rings is 2. The second kappa shape index (κ2) is 9.61. The molecule has 5 nitrogen and oxygen atoms in total. The Hall–Kier alpha value is -2.82. The molecule has 0 saturated carbocycles. The van der Waals surface area contributed by atoms with Crippen molar-refractivity contribution in [2.75, 3.05) is 23.7 Å². The molecule has 0 radical (unpaired) electrons. The van der Waals surface area contributed by atoms with Crippen molar-refractivity contribution >= 4 is 23.2 Å². The summed E-state index contributed by atoms with van der Waals surface area (Å²) >= 11 is 0. The van der Waals surface area contributed by atoms with Crippen LogP contribution in [-0.2, 0) is 4.79 Å². The van der Waals surface area contributed by atoms with Crippen molar-refractivity contribution in [3.63, 3.8) is 0 Å². The number of amides is 2. The third-order valence-corrected chi connectivity index (χ3v) is 3.90. The highest BCUT2D eigenvalue weighted by atomic mass is 16.2. The molecule has 0 atom stereocenters. The minimum atomic E-state index is -0.160. The molecule has 0 saturated heterocycles. The molecule has 5 heteroatoms. The minimum absolute atomic E-state index is 0.122. The fourth-order valence-electron chi connectivity index (χ4n) is 2.68. The van der Waals surface area contributed by atoms with Gasteiger partial charge in [0.05, 0.1) is 6.54 Å². The van der Waals surface area contributed by atoms with Crippen LogP contribution in [0, 0.1) is 13.8 Å². The Balaban J connectivity index is 1.90. The van der Waals surface area contributed by atoms with Gasteiger partial charge in [-0.2, -0.15) is 0 Å². The molecular weight excluding hydrogens is 326 g/mol. The Bertz CT molecular complexity index is 751. The van der Waals surface area contributed by atoms with Crippen molar-refractivity contribution < 1.29 is 9.59 Å². The summed E-state index contributed by atoms with van der Waals surface area (Å²) in [6, 6.07) is 13.1. The molecule has 2 rings (SSSR count). The number of rotatable bonds is 8. The van der Waals surface area contributed by atoms with Gasteiger partial charge in [-0.3, -0.25) is 9.59 Å². The average molecular weight is 353 g/mol. The molecule has 2 amide bonds. The maximum Gasteiger partial charge on any atom is 0.251 e. The zero-order valence-electron chi connectivity index (χ0n) is 15.7. The molecule has 0 heterocycles. The second-order valence-electron chi connectivity index (χ2n) is 6.47. The number of hydrogen-bond acceptors (Lipinski definition) is 3. The van der Waals surface area contributed by atoms with Gasteiger partial charge in [-0.05, 0) is 61.7 Å². The van der Waals surface area contributed by atoms with E-state index in [4.69, 9.17) is 0 Å². The van der Waals surface area contributed by atoms with Crippen molar-refractivity contribution in [3.05, 3.63) is 59.2 Å². The molecule has 0 unspecified atom stereocenters. The van der Waals surface area contributed by atoms with E-state index >= 15 is 0 Å². The van der Waals surface area contributed by atoms with Crippen molar-refractivity contribution in [1.82, 2.24) is 5.32 Å². The first-order chi connectivity index (χ1) is 12.5. The summed E-state index contributed by atoms with van der Waals surface area (Å²) in [4.78, 5) is 24.3. The number of carbonyl (C=O) groups is 2. The normalized spacial score (nSPS) is 10.3. The predicted octanol–water partition coefficient (Wildman–Crippen LogP) is 3.88. The molecular formula is C21H27N3O2. The molecule has 0 aromatic heterocycles. The molecule has 0 aliphatic rings. The Labute approximate surface area is 155 Å². The Morgan fingerprint density at radius 3 is 2.38 bits per heavy atom. The summed E-state index contributed by atoms with van der Waals surface area (Å²) in [5.74, 6) is -0.282. The summed E-state index contributed by atoms with van der Waals surface area (Å²) in [5, 5.41) is 8.82. The number of aryl methyl sites for hydroxylation is 2. The van der Waals surface area contributed by atoms with Gasteiger partial charge in [0.25, 0.3) is 5.91 Å². The van der Waals surface area contributed by atoms with Gasteiger partial charge in [0, 0.05) is 23.5 Å².